The molecule has 88 valence electrons. The molecular formula is C13H18FNO. The van der Waals surface area contributed by atoms with Gasteiger partial charge in [0.1, 0.15) is 5.82 Å². The zero-order valence-electron chi connectivity index (χ0n) is 9.58. The Morgan fingerprint density at radius 2 is 2.25 bits per heavy atom. The molecule has 0 bridgehead atoms. The number of hydrogen-bond donors (Lipinski definition) is 1. The van der Waals surface area contributed by atoms with Crippen molar-refractivity contribution in [2.75, 3.05) is 13.7 Å². The van der Waals surface area contributed by atoms with Crippen molar-refractivity contribution in [3.05, 3.63) is 35.6 Å². The Kier molecular flexibility index (Phi) is 3.91. The van der Waals surface area contributed by atoms with Gasteiger partial charge in [-0.15, -0.1) is 0 Å². The Labute approximate surface area is 95.8 Å². The van der Waals surface area contributed by atoms with Crippen LogP contribution in [0.3, 0.4) is 0 Å². The Balaban J connectivity index is 1.65. The van der Waals surface area contributed by atoms with Crippen LogP contribution < -0.4 is 5.32 Å². The molecule has 2 rings (SSSR count). The van der Waals surface area contributed by atoms with Gasteiger partial charge in [-0.2, -0.15) is 0 Å². The third kappa shape index (κ3) is 3.03. The van der Waals surface area contributed by atoms with Crippen LogP contribution in [0.2, 0.25) is 0 Å². The fraction of sp³-hybridized carbons (Fsp3) is 0.538. The maximum absolute atomic E-state index is 12.9. The van der Waals surface area contributed by atoms with Crippen molar-refractivity contribution in [1.82, 2.24) is 5.32 Å². The molecule has 1 aromatic rings. The molecule has 1 aliphatic rings. The molecule has 0 unspecified atom stereocenters. The van der Waals surface area contributed by atoms with Crippen LogP contribution in [0.15, 0.2) is 24.3 Å². The lowest BCUT2D eigenvalue weighted by molar-refractivity contribution is 0.0177. The standard InChI is InChI=1S/C13H18FNO/c1-16-13-8-12(9-13)15-6-5-10-3-2-4-11(14)7-10/h2-4,7,12-13,15H,5-6,8-9H2,1H3. The SMILES string of the molecule is COC1CC(NCCc2cccc(F)c2)C1. The van der Waals surface area contributed by atoms with E-state index in [0.29, 0.717) is 12.1 Å². The number of nitrogens with one attached hydrogen (secondary N) is 1. The summed E-state index contributed by atoms with van der Waals surface area (Å²) in [5, 5.41) is 3.45. The molecule has 1 aliphatic carbocycles. The normalized spacial score (nSPS) is 24.1. The highest BCUT2D eigenvalue weighted by molar-refractivity contribution is 5.16. The summed E-state index contributed by atoms with van der Waals surface area (Å²) in [7, 11) is 1.76. The van der Waals surface area contributed by atoms with Crippen LogP contribution in [-0.4, -0.2) is 25.8 Å². The summed E-state index contributed by atoms with van der Waals surface area (Å²) in [6, 6.07) is 7.38. The predicted molar refractivity (Wildman–Crippen MR) is 61.9 cm³/mol. The van der Waals surface area contributed by atoms with Crippen LogP contribution in [0.4, 0.5) is 4.39 Å². The predicted octanol–water partition coefficient (Wildman–Crippen LogP) is 2.14. The lowest BCUT2D eigenvalue weighted by Crippen LogP contribution is -2.45. The van der Waals surface area contributed by atoms with E-state index in [1.807, 2.05) is 6.07 Å². The first kappa shape index (κ1) is 11.6. The highest BCUT2D eigenvalue weighted by atomic mass is 19.1. The Hall–Kier alpha value is -0.930. The van der Waals surface area contributed by atoms with Crippen LogP contribution >= 0.6 is 0 Å². The second-order valence-corrected chi connectivity index (χ2v) is 4.36. The van der Waals surface area contributed by atoms with Crippen LogP contribution in [0.1, 0.15) is 18.4 Å². The minimum Gasteiger partial charge on any atom is -0.381 e. The monoisotopic (exact) mass is 223 g/mol. The first-order valence-electron chi connectivity index (χ1n) is 5.78. The molecule has 0 saturated heterocycles. The summed E-state index contributed by atoms with van der Waals surface area (Å²) in [5.41, 5.74) is 1.05. The molecular weight excluding hydrogens is 205 g/mol. The maximum atomic E-state index is 12.9. The highest BCUT2D eigenvalue weighted by Gasteiger charge is 2.27. The molecule has 1 aromatic carbocycles. The molecule has 0 atom stereocenters. The molecule has 3 heteroatoms. The van der Waals surface area contributed by atoms with Crippen molar-refractivity contribution in [2.24, 2.45) is 0 Å². The Morgan fingerprint density at radius 3 is 2.94 bits per heavy atom. The van der Waals surface area contributed by atoms with E-state index in [1.54, 1.807) is 19.2 Å². The molecule has 0 radical (unpaired) electrons. The van der Waals surface area contributed by atoms with Crippen molar-refractivity contribution < 1.29 is 9.13 Å². The zero-order chi connectivity index (χ0) is 11.4. The Bertz CT molecular complexity index is 336. The zero-order valence-corrected chi connectivity index (χ0v) is 9.58. The van der Waals surface area contributed by atoms with Gasteiger partial charge in [0.25, 0.3) is 0 Å². The molecule has 2 nitrogen and oxygen atoms in total. The molecule has 0 aliphatic heterocycles. The third-order valence-corrected chi connectivity index (χ3v) is 3.16. The fourth-order valence-corrected chi connectivity index (χ4v) is 2.04. The number of rotatable bonds is 5. The molecule has 0 heterocycles. The third-order valence-electron chi connectivity index (χ3n) is 3.16. The van der Waals surface area contributed by atoms with E-state index in [2.05, 4.69) is 5.32 Å². The summed E-state index contributed by atoms with van der Waals surface area (Å²) < 4.78 is 18.1. The lowest BCUT2D eigenvalue weighted by Gasteiger charge is -2.34. The second-order valence-electron chi connectivity index (χ2n) is 4.36. The molecule has 0 spiro atoms. The highest BCUT2D eigenvalue weighted by Crippen LogP contribution is 2.22. The van der Waals surface area contributed by atoms with Crippen molar-refractivity contribution in [3.8, 4) is 0 Å². The topological polar surface area (TPSA) is 21.3 Å². The van der Waals surface area contributed by atoms with Gasteiger partial charge in [-0.05, 0) is 43.5 Å². The quantitative estimate of drug-likeness (QED) is 0.825. The van der Waals surface area contributed by atoms with Crippen LogP contribution in [0.25, 0.3) is 0 Å². The van der Waals surface area contributed by atoms with Crippen LogP contribution in [-0.2, 0) is 11.2 Å². The molecule has 0 aromatic heterocycles. The van der Waals surface area contributed by atoms with Gasteiger partial charge in [0.2, 0.25) is 0 Å². The number of hydrogen-bond acceptors (Lipinski definition) is 2. The number of benzene rings is 1. The summed E-state index contributed by atoms with van der Waals surface area (Å²) in [4.78, 5) is 0. The van der Waals surface area contributed by atoms with Gasteiger partial charge in [-0.1, -0.05) is 12.1 Å². The van der Waals surface area contributed by atoms with Crippen molar-refractivity contribution >= 4 is 0 Å². The largest absolute Gasteiger partial charge is 0.381 e. The van der Waals surface area contributed by atoms with Gasteiger partial charge in [0, 0.05) is 13.2 Å². The first-order valence-corrected chi connectivity index (χ1v) is 5.78. The fourth-order valence-electron chi connectivity index (χ4n) is 2.04. The van der Waals surface area contributed by atoms with Gasteiger partial charge >= 0.3 is 0 Å². The molecule has 1 fully saturated rings. The van der Waals surface area contributed by atoms with E-state index in [9.17, 15) is 4.39 Å². The number of methoxy groups -OCH3 is 1. The lowest BCUT2D eigenvalue weighted by atomic mass is 9.89. The van der Waals surface area contributed by atoms with E-state index in [4.69, 9.17) is 4.74 Å². The van der Waals surface area contributed by atoms with Gasteiger partial charge in [0.05, 0.1) is 6.10 Å². The summed E-state index contributed by atoms with van der Waals surface area (Å²) >= 11 is 0. The van der Waals surface area contributed by atoms with E-state index in [1.165, 1.54) is 6.07 Å². The van der Waals surface area contributed by atoms with E-state index < -0.39 is 0 Å². The number of ether oxygens (including phenoxy) is 1. The second kappa shape index (κ2) is 5.41. The molecule has 0 amide bonds. The average Bonchev–Trinajstić information content (AvgIpc) is 2.21. The first-order chi connectivity index (χ1) is 7.78. The van der Waals surface area contributed by atoms with Gasteiger partial charge in [-0.3, -0.25) is 0 Å². The smallest absolute Gasteiger partial charge is 0.123 e. The minimum atomic E-state index is -0.152. The molecule has 1 N–H and O–H groups in total. The molecule has 1 saturated carbocycles. The van der Waals surface area contributed by atoms with E-state index in [0.717, 1.165) is 31.4 Å². The number of halogens is 1. The maximum Gasteiger partial charge on any atom is 0.123 e. The van der Waals surface area contributed by atoms with Crippen LogP contribution in [0, 0.1) is 5.82 Å². The molecule has 16 heavy (non-hydrogen) atoms. The van der Waals surface area contributed by atoms with E-state index in [-0.39, 0.29) is 5.82 Å². The minimum absolute atomic E-state index is 0.152. The van der Waals surface area contributed by atoms with Gasteiger partial charge in [-0.25, -0.2) is 4.39 Å². The summed E-state index contributed by atoms with van der Waals surface area (Å²) in [5.74, 6) is -0.152. The summed E-state index contributed by atoms with van der Waals surface area (Å²) in [6.07, 6.45) is 3.51. The van der Waals surface area contributed by atoms with Crippen LogP contribution in [0.5, 0.6) is 0 Å². The van der Waals surface area contributed by atoms with Crippen molar-refractivity contribution in [1.29, 1.82) is 0 Å². The Morgan fingerprint density at radius 1 is 1.44 bits per heavy atom. The summed E-state index contributed by atoms with van der Waals surface area (Å²) in [6.45, 7) is 0.907. The van der Waals surface area contributed by atoms with E-state index >= 15 is 0 Å². The average molecular weight is 223 g/mol. The van der Waals surface area contributed by atoms with Crippen molar-refractivity contribution in [2.45, 2.75) is 31.4 Å². The van der Waals surface area contributed by atoms with Gasteiger partial charge in [0.15, 0.2) is 0 Å². The van der Waals surface area contributed by atoms with Crippen molar-refractivity contribution in [3.63, 3.8) is 0 Å². The van der Waals surface area contributed by atoms with Gasteiger partial charge < -0.3 is 10.1 Å².